The Morgan fingerprint density at radius 3 is 2.09 bits per heavy atom. The molecule has 0 aliphatic heterocycles. The van der Waals surface area contributed by atoms with Crippen LogP contribution in [0.3, 0.4) is 0 Å². The lowest BCUT2D eigenvalue weighted by molar-refractivity contribution is -0.384. The SMILES string of the molecule is C=C(C)c1ccc(C(=C)c2cc([N+](=O)[O-])cc(C)c2C)cc1. The molecule has 0 saturated heterocycles. The second kappa shape index (κ2) is 5.98. The first kappa shape index (κ1) is 15.7. The lowest BCUT2D eigenvalue weighted by Gasteiger charge is -2.12. The molecule has 0 atom stereocenters. The van der Waals surface area contributed by atoms with Gasteiger partial charge >= 0.3 is 0 Å². The van der Waals surface area contributed by atoms with E-state index in [4.69, 9.17) is 0 Å². The maximum Gasteiger partial charge on any atom is 0.270 e. The van der Waals surface area contributed by atoms with Gasteiger partial charge in [-0.05, 0) is 54.2 Å². The van der Waals surface area contributed by atoms with Crippen molar-refractivity contribution in [2.45, 2.75) is 20.8 Å². The number of hydrogen-bond acceptors (Lipinski definition) is 2. The highest BCUT2D eigenvalue weighted by molar-refractivity contribution is 5.82. The van der Waals surface area contributed by atoms with Gasteiger partial charge < -0.3 is 0 Å². The average molecular weight is 293 g/mol. The number of allylic oxidation sites excluding steroid dienone is 1. The van der Waals surface area contributed by atoms with Gasteiger partial charge in [0.1, 0.15) is 0 Å². The predicted molar refractivity (Wildman–Crippen MR) is 91.9 cm³/mol. The summed E-state index contributed by atoms with van der Waals surface area (Å²) in [4.78, 5) is 10.7. The standard InChI is InChI=1S/C19H19NO2/c1-12(2)16-6-8-17(9-7-16)15(5)19-11-18(20(21)22)10-13(3)14(19)4/h6-11H,1,5H2,2-4H3. The Hall–Kier alpha value is -2.68. The Balaban J connectivity index is 2.49. The molecule has 0 aromatic heterocycles. The second-order valence-corrected chi connectivity index (χ2v) is 5.53. The van der Waals surface area contributed by atoms with Gasteiger partial charge in [-0.1, -0.05) is 43.0 Å². The Bertz CT molecular complexity index is 771. The molecule has 0 radical (unpaired) electrons. The molecule has 0 unspecified atom stereocenters. The average Bonchev–Trinajstić information content (AvgIpc) is 2.49. The summed E-state index contributed by atoms with van der Waals surface area (Å²) in [6.07, 6.45) is 0. The van der Waals surface area contributed by atoms with Crippen molar-refractivity contribution in [2.75, 3.05) is 0 Å². The van der Waals surface area contributed by atoms with Crippen LogP contribution in [0.1, 0.15) is 34.7 Å². The zero-order valence-corrected chi connectivity index (χ0v) is 13.1. The van der Waals surface area contributed by atoms with Gasteiger partial charge in [0.15, 0.2) is 0 Å². The molecule has 0 fully saturated rings. The van der Waals surface area contributed by atoms with Gasteiger partial charge in [0, 0.05) is 12.1 Å². The zero-order valence-electron chi connectivity index (χ0n) is 13.1. The molecule has 0 N–H and O–H groups in total. The highest BCUT2D eigenvalue weighted by Gasteiger charge is 2.14. The van der Waals surface area contributed by atoms with Crippen LogP contribution in [0.4, 0.5) is 5.69 Å². The van der Waals surface area contributed by atoms with E-state index >= 15 is 0 Å². The molecule has 2 rings (SSSR count). The summed E-state index contributed by atoms with van der Waals surface area (Å²) in [5.74, 6) is 0. The molecular weight excluding hydrogens is 274 g/mol. The minimum Gasteiger partial charge on any atom is -0.258 e. The van der Waals surface area contributed by atoms with Crippen LogP contribution >= 0.6 is 0 Å². The number of nitrogens with zero attached hydrogens (tertiary/aromatic N) is 1. The predicted octanol–water partition coefficient (Wildman–Crippen LogP) is 5.31. The molecule has 0 aliphatic rings. The first-order valence-electron chi connectivity index (χ1n) is 7.02. The third kappa shape index (κ3) is 2.98. The third-order valence-electron chi connectivity index (χ3n) is 3.91. The van der Waals surface area contributed by atoms with Gasteiger partial charge in [-0.2, -0.15) is 0 Å². The van der Waals surface area contributed by atoms with Crippen molar-refractivity contribution in [3.05, 3.63) is 87.5 Å². The monoisotopic (exact) mass is 293 g/mol. The van der Waals surface area contributed by atoms with Gasteiger partial charge in [-0.3, -0.25) is 10.1 Å². The van der Waals surface area contributed by atoms with Crippen LogP contribution in [0.2, 0.25) is 0 Å². The van der Waals surface area contributed by atoms with E-state index in [1.807, 2.05) is 45.0 Å². The minimum absolute atomic E-state index is 0.0952. The fourth-order valence-electron chi connectivity index (χ4n) is 2.37. The van der Waals surface area contributed by atoms with Crippen molar-refractivity contribution in [1.82, 2.24) is 0 Å². The van der Waals surface area contributed by atoms with Gasteiger partial charge in [0.05, 0.1) is 4.92 Å². The van der Waals surface area contributed by atoms with E-state index in [1.165, 1.54) is 0 Å². The van der Waals surface area contributed by atoms with Gasteiger partial charge in [0.25, 0.3) is 5.69 Å². The van der Waals surface area contributed by atoms with Crippen LogP contribution in [-0.4, -0.2) is 4.92 Å². The molecule has 0 saturated carbocycles. The van der Waals surface area contributed by atoms with Crippen molar-refractivity contribution < 1.29 is 4.92 Å². The summed E-state index contributed by atoms with van der Waals surface area (Å²) in [6.45, 7) is 13.8. The normalized spacial score (nSPS) is 10.3. The van der Waals surface area contributed by atoms with E-state index in [0.29, 0.717) is 0 Å². The highest BCUT2D eigenvalue weighted by Crippen LogP contribution is 2.30. The van der Waals surface area contributed by atoms with Gasteiger partial charge in [-0.15, -0.1) is 0 Å². The third-order valence-corrected chi connectivity index (χ3v) is 3.91. The number of non-ortho nitro benzene ring substituents is 1. The maximum absolute atomic E-state index is 11.1. The van der Waals surface area contributed by atoms with Crippen molar-refractivity contribution in [1.29, 1.82) is 0 Å². The maximum atomic E-state index is 11.1. The topological polar surface area (TPSA) is 43.1 Å². The quantitative estimate of drug-likeness (QED) is 0.566. The van der Waals surface area contributed by atoms with Crippen LogP contribution in [0, 0.1) is 24.0 Å². The number of hydrogen-bond donors (Lipinski definition) is 0. The Morgan fingerprint density at radius 1 is 1.05 bits per heavy atom. The molecule has 2 aromatic carbocycles. The Kier molecular flexibility index (Phi) is 4.27. The molecule has 3 heteroatoms. The van der Waals surface area contributed by atoms with Crippen molar-refractivity contribution in [3.8, 4) is 0 Å². The van der Waals surface area contributed by atoms with Crippen LogP contribution in [0.5, 0.6) is 0 Å². The van der Waals surface area contributed by atoms with Crippen molar-refractivity contribution >= 4 is 16.8 Å². The summed E-state index contributed by atoms with van der Waals surface area (Å²) in [7, 11) is 0. The minimum atomic E-state index is -0.368. The number of nitro benzene ring substituents is 1. The lowest BCUT2D eigenvalue weighted by atomic mass is 9.92. The van der Waals surface area contributed by atoms with E-state index < -0.39 is 0 Å². The molecular formula is C19H19NO2. The van der Waals surface area contributed by atoms with Gasteiger partial charge in [0.2, 0.25) is 0 Å². The van der Waals surface area contributed by atoms with Crippen LogP contribution < -0.4 is 0 Å². The second-order valence-electron chi connectivity index (χ2n) is 5.53. The fourth-order valence-corrected chi connectivity index (χ4v) is 2.37. The zero-order chi connectivity index (χ0) is 16.4. The van der Waals surface area contributed by atoms with Crippen LogP contribution in [-0.2, 0) is 0 Å². The summed E-state index contributed by atoms with van der Waals surface area (Å²) in [6, 6.07) is 11.1. The summed E-state index contributed by atoms with van der Waals surface area (Å²) in [5.41, 5.74) is 6.63. The van der Waals surface area contributed by atoms with E-state index in [2.05, 4.69) is 13.2 Å². The van der Waals surface area contributed by atoms with Gasteiger partial charge in [-0.25, -0.2) is 0 Å². The molecule has 3 nitrogen and oxygen atoms in total. The number of aryl methyl sites for hydroxylation is 1. The lowest BCUT2D eigenvalue weighted by Crippen LogP contribution is -1.97. The summed E-state index contributed by atoms with van der Waals surface area (Å²) in [5, 5.41) is 11.1. The molecule has 0 amide bonds. The fraction of sp³-hybridized carbons (Fsp3) is 0.158. The first-order valence-corrected chi connectivity index (χ1v) is 7.02. The van der Waals surface area contributed by atoms with E-state index in [9.17, 15) is 10.1 Å². The van der Waals surface area contributed by atoms with E-state index in [1.54, 1.807) is 12.1 Å². The molecule has 112 valence electrons. The van der Waals surface area contributed by atoms with Crippen LogP contribution in [0.15, 0.2) is 49.6 Å². The van der Waals surface area contributed by atoms with E-state index in [0.717, 1.165) is 39.0 Å². The smallest absolute Gasteiger partial charge is 0.258 e. The Labute approximate surface area is 130 Å². The first-order chi connectivity index (χ1) is 10.3. The number of benzene rings is 2. The van der Waals surface area contributed by atoms with Crippen molar-refractivity contribution in [3.63, 3.8) is 0 Å². The summed E-state index contributed by atoms with van der Waals surface area (Å²) >= 11 is 0. The molecule has 22 heavy (non-hydrogen) atoms. The molecule has 0 spiro atoms. The number of nitro groups is 1. The van der Waals surface area contributed by atoms with Crippen molar-refractivity contribution in [2.24, 2.45) is 0 Å². The van der Waals surface area contributed by atoms with Crippen LogP contribution in [0.25, 0.3) is 11.1 Å². The highest BCUT2D eigenvalue weighted by atomic mass is 16.6. The molecule has 0 bridgehead atoms. The molecule has 0 aliphatic carbocycles. The largest absolute Gasteiger partial charge is 0.270 e. The number of rotatable bonds is 4. The van der Waals surface area contributed by atoms with E-state index in [-0.39, 0.29) is 10.6 Å². The Morgan fingerprint density at radius 2 is 1.59 bits per heavy atom. The summed E-state index contributed by atoms with van der Waals surface area (Å²) < 4.78 is 0. The molecule has 2 aromatic rings. The molecule has 0 heterocycles.